The third-order valence-electron chi connectivity index (χ3n) is 8.26. The second kappa shape index (κ2) is 18.3. The second-order valence-electron chi connectivity index (χ2n) is 11.2. The fourth-order valence-corrected chi connectivity index (χ4v) is 5.88. The van der Waals surface area contributed by atoms with Gasteiger partial charge in [-0.3, -0.25) is 9.69 Å². The van der Waals surface area contributed by atoms with E-state index in [1.807, 2.05) is 63.6 Å². The van der Waals surface area contributed by atoms with Crippen molar-refractivity contribution in [1.29, 1.82) is 0 Å². The van der Waals surface area contributed by atoms with E-state index in [0.29, 0.717) is 61.7 Å². The first-order valence-electron chi connectivity index (χ1n) is 16.9. The molecule has 0 bridgehead atoms. The molecule has 2 aromatic carbocycles. The summed E-state index contributed by atoms with van der Waals surface area (Å²) in [4.78, 5) is 28.6. The predicted octanol–water partition coefficient (Wildman–Crippen LogP) is 7.76. The van der Waals surface area contributed by atoms with E-state index in [1.165, 1.54) is 18.5 Å². The number of carbonyl (C=O) groups excluding carboxylic acids is 1. The molecule has 1 saturated heterocycles. The highest BCUT2D eigenvalue weighted by molar-refractivity contribution is 5.98. The summed E-state index contributed by atoms with van der Waals surface area (Å²) in [6.45, 7) is 16.7. The van der Waals surface area contributed by atoms with Crippen LogP contribution in [0.2, 0.25) is 0 Å². The van der Waals surface area contributed by atoms with Gasteiger partial charge in [-0.2, -0.15) is 18.3 Å². The zero-order chi connectivity index (χ0) is 36.1. The monoisotopic (exact) mass is 678 g/mol. The molecule has 12 heteroatoms. The SMILES string of the molecule is C=CC(=O)N1CCCC(n2nc(-c3ccc(CN4CCc5cc(C(F)(F)F)ccc5C4)cc3)c3c(N)ncnc32)C1.CC.CC.CC=NC. The van der Waals surface area contributed by atoms with Gasteiger partial charge in [-0.25, -0.2) is 14.6 Å². The van der Waals surface area contributed by atoms with Crippen molar-refractivity contribution in [3.8, 4) is 11.3 Å². The van der Waals surface area contributed by atoms with E-state index in [1.54, 1.807) is 24.2 Å². The molecule has 0 spiro atoms. The average molecular weight is 679 g/mol. The summed E-state index contributed by atoms with van der Waals surface area (Å²) in [5, 5.41) is 5.62. The van der Waals surface area contributed by atoms with Crippen molar-refractivity contribution in [3.63, 3.8) is 0 Å². The lowest BCUT2D eigenvalue weighted by Crippen LogP contribution is -2.40. The van der Waals surface area contributed by atoms with E-state index in [9.17, 15) is 18.0 Å². The summed E-state index contributed by atoms with van der Waals surface area (Å²) in [6, 6.07) is 12.1. The number of hydrogen-bond acceptors (Lipinski definition) is 7. The van der Waals surface area contributed by atoms with Crippen molar-refractivity contribution in [2.45, 2.75) is 79.2 Å². The van der Waals surface area contributed by atoms with Crippen molar-refractivity contribution in [1.82, 2.24) is 29.5 Å². The van der Waals surface area contributed by atoms with Crippen LogP contribution in [-0.4, -0.2) is 68.4 Å². The maximum absolute atomic E-state index is 13.1. The number of likely N-dealkylation sites (tertiary alicyclic amines) is 1. The first kappa shape index (κ1) is 38.9. The van der Waals surface area contributed by atoms with Crippen molar-refractivity contribution in [3.05, 3.63) is 83.7 Å². The molecule has 2 N–H and O–H groups in total. The summed E-state index contributed by atoms with van der Waals surface area (Å²) in [5.41, 5.74) is 10.7. The number of aliphatic imine (C=N–C) groups is 1. The molecule has 4 heterocycles. The average Bonchev–Trinajstić information content (AvgIpc) is 3.54. The summed E-state index contributed by atoms with van der Waals surface area (Å²) < 4.78 is 41.1. The topological polar surface area (TPSA) is 106 Å². The molecule has 2 aliphatic heterocycles. The highest BCUT2D eigenvalue weighted by Crippen LogP contribution is 2.35. The molecule has 49 heavy (non-hydrogen) atoms. The van der Waals surface area contributed by atoms with Gasteiger partial charge in [0.2, 0.25) is 5.91 Å². The Morgan fingerprint density at radius 3 is 2.39 bits per heavy atom. The minimum absolute atomic E-state index is 0.0494. The van der Waals surface area contributed by atoms with Crippen molar-refractivity contribution in [2.75, 3.05) is 32.4 Å². The van der Waals surface area contributed by atoms with Gasteiger partial charge in [0, 0.05) is 45.3 Å². The third kappa shape index (κ3) is 9.53. The van der Waals surface area contributed by atoms with Gasteiger partial charge in [0.1, 0.15) is 17.8 Å². The Balaban J connectivity index is 0.000000747. The number of aromatic nitrogens is 4. The molecule has 2 aliphatic rings. The maximum Gasteiger partial charge on any atom is 0.416 e. The first-order valence-corrected chi connectivity index (χ1v) is 16.9. The summed E-state index contributed by atoms with van der Waals surface area (Å²) in [7, 11) is 1.75. The number of rotatable bonds is 5. The standard InChI is InChI=1S/C30H30F3N7O.C3H7N.2C2H6/c1-2-25(41)39-12-3-4-24(17-39)40-29-26(28(34)35-18-36-29)27(37-40)20-7-5-19(6-8-20)15-38-13-11-21-14-23(30(31,32)33)10-9-22(21)16-38;1-3-4-2;2*1-2/h2,5-10,14,18,24H,1,3-4,11-13,15-17H2,(H2,34,35,36);3H,1-2H3;2*1-2H3. The number of fused-ring (bicyclic) bond motifs is 2. The van der Waals surface area contributed by atoms with Gasteiger partial charge in [-0.05, 0) is 67.3 Å². The molecular formula is C37H49F3N8O. The van der Waals surface area contributed by atoms with Gasteiger partial charge in [-0.15, -0.1) is 0 Å². The second-order valence-corrected chi connectivity index (χ2v) is 11.2. The van der Waals surface area contributed by atoms with Crippen LogP contribution in [-0.2, 0) is 30.5 Å². The molecule has 0 saturated carbocycles. The van der Waals surface area contributed by atoms with E-state index in [-0.39, 0.29) is 11.9 Å². The van der Waals surface area contributed by atoms with Gasteiger partial charge in [0.25, 0.3) is 0 Å². The number of alkyl halides is 3. The highest BCUT2D eigenvalue weighted by atomic mass is 19.4. The van der Waals surface area contributed by atoms with Crippen molar-refractivity contribution in [2.24, 2.45) is 4.99 Å². The molecule has 1 unspecified atom stereocenters. The van der Waals surface area contributed by atoms with Gasteiger partial charge < -0.3 is 15.6 Å². The normalized spacial score (nSPS) is 16.0. The molecule has 2 aromatic heterocycles. The van der Waals surface area contributed by atoms with E-state index in [0.717, 1.165) is 41.2 Å². The lowest BCUT2D eigenvalue weighted by Gasteiger charge is -2.32. The Kier molecular flexibility index (Phi) is 14.5. The Labute approximate surface area is 287 Å². The first-order chi connectivity index (χ1) is 23.6. The summed E-state index contributed by atoms with van der Waals surface area (Å²) in [6.07, 6.45) is 2.48. The van der Waals surface area contributed by atoms with Crippen LogP contribution in [0.25, 0.3) is 22.3 Å². The number of hydrogen-bond donors (Lipinski definition) is 1. The summed E-state index contributed by atoms with van der Waals surface area (Å²) in [5.74, 6) is 0.246. The number of halogens is 3. The number of nitrogens with two attached hydrogens (primary N) is 1. The Hall–Kier alpha value is -4.58. The highest BCUT2D eigenvalue weighted by Gasteiger charge is 2.32. The molecule has 1 atom stereocenters. The van der Waals surface area contributed by atoms with E-state index in [2.05, 4.69) is 26.4 Å². The van der Waals surface area contributed by atoms with E-state index in [4.69, 9.17) is 10.8 Å². The van der Waals surface area contributed by atoms with E-state index >= 15 is 0 Å². The molecular weight excluding hydrogens is 629 g/mol. The van der Waals surface area contributed by atoms with Crippen LogP contribution in [0.3, 0.4) is 0 Å². The number of nitrogens with zero attached hydrogens (tertiary/aromatic N) is 7. The van der Waals surface area contributed by atoms with Gasteiger partial charge in [-0.1, -0.05) is 64.6 Å². The molecule has 0 aliphatic carbocycles. The molecule has 1 amide bonds. The Morgan fingerprint density at radius 2 is 1.76 bits per heavy atom. The fourth-order valence-electron chi connectivity index (χ4n) is 5.88. The molecule has 1 fully saturated rings. The van der Waals surface area contributed by atoms with Crippen molar-refractivity contribution < 1.29 is 18.0 Å². The fraction of sp³-hybridized carbons (Fsp3) is 0.432. The lowest BCUT2D eigenvalue weighted by atomic mass is 9.96. The zero-order valence-electron chi connectivity index (χ0n) is 29.5. The summed E-state index contributed by atoms with van der Waals surface area (Å²) >= 11 is 0. The smallest absolute Gasteiger partial charge is 0.383 e. The number of piperidine rings is 1. The largest absolute Gasteiger partial charge is 0.416 e. The van der Waals surface area contributed by atoms with Crippen LogP contribution in [0.15, 0.2) is 66.4 Å². The minimum Gasteiger partial charge on any atom is -0.383 e. The van der Waals surface area contributed by atoms with E-state index < -0.39 is 11.7 Å². The van der Waals surface area contributed by atoms with Gasteiger partial charge in [0.05, 0.1) is 17.0 Å². The van der Waals surface area contributed by atoms with Crippen LogP contribution >= 0.6 is 0 Å². The van der Waals surface area contributed by atoms with Crippen molar-refractivity contribution >= 4 is 29.0 Å². The van der Waals surface area contributed by atoms with Crippen LogP contribution < -0.4 is 5.73 Å². The Bertz CT molecular complexity index is 1690. The molecule has 0 radical (unpaired) electrons. The number of benzene rings is 2. The number of amides is 1. The minimum atomic E-state index is -4.33. The molecule has 264 valence electrons. The quantitative estimate of drug-likeness (QED) is 0.171. The Morgan fingerprint density at radius 1 is 1.06 bits per heavy atom. The van der Waals surface area contributed by atoms with Crippen LogP contribution in [0.4, 0.5) is 19.0 Å². The lowest BCUT2D eigenvalue weighted by molar-refractivity contribution is -0.137. The molecule has 9 nitrogen and oxygen atoms in total. The predicted molar refractivity (Wildman–Crippen MR) is 192 cm³/mol. The van der Waals surface area contributed by atoms with Crippen LogP contribution in [0.1, 0.15) is 75.8 Å². The van der Waals surface area contributed by atoms with Gasteiger partial charge >= 0.3 is 6.18 Å². The molecule has 4 aromatic rings. The van der Waals surface area contributed by atoms with Crippen LogP contribution in [0.5, 0.6) is 0 Å². The van der Waals surface area contributed by atoms with Gasteiger partial charge in [0.15, 0.2) is 5.65 Å². The number of carbonyl (C=O) groups is 1. The number of anilines is 1. The maximum atomic E-state index is 13.1. The molecule has 6 rings (SSSR count). The zero-order valence-corrected chi connectivity index (χ0v) is 29.5. The van der Waals surface area contributed by atoms with Crippen LogP contribution in [0, 0.1) is 0 Å². The number of nitrogen functional groups attached to an aromatic ring is 1. The third-order valence-corrected chi connectivity index (χ3v) is 8.26.